The Hall–Kier alpha value is -11.7. The third-order valence-corrected chi connectivity index (χ3v) is 25.8. The summed E-state index contributed by atoms with van der Waals surface area (Å²) in [5.74, 6) is 0.297. The number of hydrogen-bond donors (Lipinski definition) is 0. The normalized spacial score (nSPS) is 15.2. The van der Waals surface area contributed by atoms with Crippen molar-refractivity contribution in [3.05, 3.63) is 323 Å². The summed E-state index contributed by atoms with van der Waals surface area (Å²) in [6.07, 6.45) is 5.85. The molecule has 113 heavy (non-hydrogen) atoms. The molecule has 20 rings (SSSR count). The number of allylic oxidation sites excluding steroid dienone is 3. The van der Waals surface area contributed by atoms with Gasteiger partial charge in [-0.2, -0.15) is 0 Å². The lowest BCUT2D eigenvalue weighted by atomic mass is 9.31. The Morgan fingerprint density at radius 3 is 1.18 bits per heavy atom. The van der Waals surface area contributed by atoms with Gasteiger partial charge in [0.15, 0.2) is 0 Å². The molecule has 0 radical (unpaired) electrons. The van der Waals surface area contributed by atoms with Gasteiger partial charge in [0.05, 0.1) is 33.4 Å². The van der Waals surface area contributed by atoms with Crippen LogP contribution in [0.15, 0.2) is 278 Å². The number of para-hydroxylation sites is 5. The number of anilines is 11. The molecule has 6 heterocycles. The zero-order valence-electron chi connectivity index (χ0n) is 68.5. The minimum Gasteiger partial charge on any atom is -0.312 e. The van der Waals surface area contributed by atoms with Gasteiger partial charge in [-0.1, -0.05) is 235 Å². The first-order valence-electron chi connectivity index (χ1n) is 40.9. The Morgan fingerprint density at radius 1 is 0.301 bits per heavy atom. The molecule has 8 heteroatoms. The highest BCUT2D eigenvalue weighted by atomic mass is 15.2. The molecule has 0 amide bonds. The number of fused-ring (bicyclic) bond motifs is 13. The Labute approximate surface area is 668 Å². The van der Waals surface area contributed by atoms with Crippen molar-refractivity contribution in [2.24, 2.45) is 5.92 Å². The minimum atomic E-state index is -0.0388. The van der Waals surface area contributed by atoms with Gasteiger partial charge in [-0.05, 0) is 272 Å². The van der Waals surface area contributed by atoms with Crippen LogP contribution in [0.4, 0.5) is 62.6 Å². The third kappa shape index (κ3) is 10.8. The van der Waals surface area contributed by atoms with Crippen LogP contribution in [0.1, 0.15) is 141 Å². The van der Waals surface area contributed by atoms with E-state index in [1.54, 1.807) is 0 Å². The van der Waals surface area contributed by atoms with Gasteiger partial charge in [0, 0.05) is 89.8 Å². The molecule has 0 spiro atoms. The average Bonchev–Trinajstić information content (AvgIpc) is 1.22. The average molecular weight is 1470 g/mol. The molecule has 0 saturated heterocycles. The number of nitrogens with zero attached hydrogens (tertiary/aromatic N) is 6. The van der Waals surface area contributed by atoms with E-state index in [0.717, 1.165) is 34.9 Å². The second kappa shape index (κ2) is 25.1. The summed E-state index contributed by atoms with van der Waals surface area (Å²) >= 11 is 0. The van der Waals surface area contributed by atoms with Gasteiger partial charge in [-0.15, -0.1) is 0 Å². The van der Waals surface area contributed by atoms with Crippen molar-refractivity contribution in [1.29, 1.82) is 0 Å². The van der Waals surface area contributed by atoms with Crippen molar-refractivity contribution in [1.82, 2.24) is 9.13 Å². The van der Waals surface area contributed by atoms with Gasteiger partial charge in [0.2, 0.25) is 6.71 Å². The van der Waals surface area contributed by atoms with Gasteiger partial charge in [-0.3, -0.25) is 0 Å². The lowest BCUT2D eigenvalue weighted by Gasteiger charge is -2.47. The molecule has 0 saturated carbocycles. The molecule has 1 atom stereocenters. The third-order valence-electron chi connectivity index (χ3n) is 25.8. The molecule has 0 fully saturated rings. The molecule has 554 valence electrons. The highest BCUT2D eigenvalue weighted by molar-refractivity contribution is 7.00. The number of hydrogen-bond acceptors (Lipinski definition) is 4. The van der Waals surface area contributed by atoms with Crippen molar-refractivity contribution >= 4 is 147 Å². The predicted molar refractivity (Wildman–Crippen MR) is 487 cm³/mol. The van der Waals surface area contributed by atoms with E-state index in [0.29, 0.717) is 5.92 Å². The fourth-order valence-corrected chi connectivity index (χ4v) is 19.9. The number of benzene rings is 13. The lowest BCUT2D eigenvalue weighted by Crippen LogP contribution is -2.61. The molecular formula is C105H98B2N6. The molecular weight excluding hydrogens is 1370 g/mol. The van der Waals surface area contributed by atoms with Gasteiger partial charge in [0.1, 0.15) is 0 Å². The van der Waals surface area contributed by atoms with E-state index in [2.05, 4.69) is 413 Å². The van der Waals surface area contributed by atoms with Crippen LogP contribution < -0.4 is 46.9 Å². The van der Waals surface area contributed by atoms with Crippen LogP contribution in [-0.4, -0.2) is 22.6 Å². The van der Waals surface area contributed by atoms with Crippen LogP contribution in [0.5, 0.6) is 0 Å². The lowest BCUT2D eigenvalue weighted by molar-refractivity contribution is 0.590. The fourth-order valence-electron chi connectivity index (χ4n) is 19.9. The maximum Gasteiger partial charge on any atom is 0.252 e. The summed E-state index contributed by atoms with van der Waals surface area (Å²) < 4.78 is 5.15. The molecule has 0 bridgehead atoms. The van der Waals surface area contributed by atoms with Crippen LogP contribution in [0, 0.1) is 33.6 Å². The summed E-state index contributed by atoms with van der Waals surface area (Å²) in [6, 6.07) is 99.3. The van der Waals surface area contributed by atoms with E-state index in [1.807, 2.05) is 0 Å². The number of rotatable bonds is 7. The highest BCUT2D eigenvalue weighted by Gasteiger charge is 2.48. The molecule has 4 aliphatic heterocycles. The van der Waals surface area contributed by atoms with E-state index >= 15 is 0 Å². The second-order valence-electron chi connectivity index (χ2n) is 37.2. The molecule has 6 nitrogen and oxygen atoms in total. The van der Waals surface area contributed by atoms with Crippen LogP contribution in [-0.2, 0) is 21.7 Å². The molecule has 5 aliphatic rings. The highest BCUT2D eigenvalue weighted by Crippen LogP contribution is 2.53. The van der Waals surface area contributed by atoms with Gasteiger partial charge >= 0.3 is 0 Å². The van der Waals surface area contributed by atoms with E-state index in [4.69, 9.17) is 0 Å². The molecule has 1 aliphatic carbocycles. The number of aryl methyl sites for hydroxylation is 4. The van der Waals surface area contributed by atoms with Crippen molar-refractivity contribution in [3.8, 4) is 22.5 Å². The standard InChI is InChI=1S/C105H98B2N6/c1-63-28-21-23-37-85(63)112-95-61-77(111-89-52-45-72(104(12,13)14)57-80(89)81-58-73(105(15,16)17)46-53-90(81)111)62-96-98(95)106(83-35-25-30-65(3)100(83)112)84-36-26-31-66(4)101(84)113(96)86-49-42-69(54-67(86)5)68-40-47-75(48-41-68)109-92-39-27-29-64(2)97(92)107-82-34-22-24-38-91(82)108(74-32-19-18-20-33-74)93-59-76(60-94(109)99(93)107)110-87-50-43-70(102(6,7)8)55-78(87)79-56-71(103(9,10)11)44-51-88(79)110/h18-28,30-62,64H,29H2,1-17H3. The number of aromatic nitrogens is 2. The smallest absolute Gasteiger partial charge is 0.252 e. The summed E-state index contributed by atoms with van der Waals surface area (Å²) in [5.41, 5.74) is 42.0. The summed E-state index contributed by atoms with van der Waals surface area (Å²) in [7, 11) is 0. The van der Waals surface area contributed by atoms with E-state index in [9.17, 15) is 0 Å². The Kier molecular flexibility index (Phi) is 15.7. The van der Waals surface area contributed by atoms with Crippen LogP contribution in [0.2, 0.25) is 0 Å². The first kappa shape index (κ1) is 70.4. The topological polar surface area (TPSA) is 22.8 Å². The van der Waals surface area contributed by atoms with Crippen LogP contribution in [0.25, 0.3) is 66.1 Å². The zero-order valence-corrected chi connectivity index (χ0v) is 68.5. The van der Waals surface area contributed by atoms with Gasteiger partial charge < -0.3 is 28.7 Å². The molecule has 1 unspecified atom stereocenters. The van der Waals surface area contributed by atoms with E-state index < -0.39 is 0 Å². The summed E-state index contributed by atoms with van der Waals surface area (Å²) in [4.78, 5) is 10.5. The zero-order chi connectivity index (χ0) is 78.0. The summed E-state index contributed by atoms with van der Waals surface area (Å²) in [6.45, 7) is 39.7. The molecule has 0 N–H and O–H groups in total. The fraction of sp³-hybridized carbons (Fsp3) is 0.219. The van der Waals surface area contributed by atoms with Crippen molar-refractivity contribution in [3.63, 3.8) is 0 Å². The molecule has 15 aromatic rings. The predicted octanol–water partition coefficient (Wildman–Crippen LogP) is 25.0. The monoisotopic (exact) mass is 1460 g/mol. The van der Waals surface area contributed by atoms with E-state index in [-0.39, 0.29) is 35.1 Å². The molecule has 2 aromatic heterocycles. The Bertz CT molecular complexity index is 6470. The largest absolute Gasteiger partial charge is 0.312 e. The Morgan fingerprint density at radius 2 is 0.699 bits per heavy atom. The van der Waals surface area contributed by atoms with Crippen molar-refractivity contribution < 1.29 is 0 Å². The first-order chi connectivity index (χ1) is 54.2. The Balaban J connectivity index is 0.775. The van der Waals surface area contributed by atoms with E-state index in [1.165, 1.54) is 183 Å². The van der Waals surface area contributed by atoms with Crippen LogP contribution >= 0.6 is 0 Å². The van der Waals surface area contributed by atoms with Crippen molar-refractivity contribution in [2.75, 3.05) is 19.6 Å². The van der Waals surface area contributed by atoms with Gasteiger partial charge in [-0.25, -0.2) is 0 Å². The molecule has 13 aromatic carbocycles. The maximum absolute atomic E-state index is 2.65. The van der Waals surface area contributed by atoms with Crippen LogP contribution in [0.3, 0.4) is 0 Å². The minimum absolute atomic E-state index is 0.0317. The summed E-state index contributed by atoms with van der Waals surface area (Å²) in [5, 5.41) is 5.11. The quantitative estimate of drug-likeness (QED) is 0.148. The SMILES string of the molecule is Cc1ccccc1N1c2cc(-n3c4ccc(C(C)(C)C)cc4c4cc(C(C)(C)C)ccc43)cc3c2B(c2cccc(C)c21)c1cccc(C)c1N3c1ccc(-c2ccc(N3C4=C(B5c6ccccc6N(c6ccccc6)c6cc(-n7c8ccc(C(C)(C)C)cc8c8cc(C(C)(C)C)ccc87)cc3c65)C(C)CC=C4)cc2)cc1C. The first-order valence-corrected chi connectivity index (χ1v) is 40.9. The maximum atomic E-state index is 2.65. The van der Waals surface area contributed by atoms with Gasteiger partial charge in [0.25, 0.3) is 6.71 Å². The second-order valence-corrected chi connectivity index (χ2v) is 37.2. The van der Waals surface area contributed by atoms with Crippen molar-refractivity contribution in [2.45, 2.75) is 146 Å².